The molecule has 1 aromatic rings. The van der Waals surface area contributed by atoms with E-state index >= 15 is 0 Å². The zero-order valence-electron chi connectivity index (χ0n) is 12.0. The summed E-state index contributed by atoms with van der Waals surface area (Å²) in [6.45, 7) is 6.23. The van der Waals surface area contributed by atoms with Crippen molar-refractivity contribution in [1.82, 2.24) is 4.90 Å². The molecule has 0 amide bonds. The standard InChI is InChI=1S/C17H25N.BrH/c1-2-12-18-13-11-17(10-6-9-16(17)14-18)15-7-4-3-5-8-15;/h3-5,7-8,16H,2,6,9-14H2,1H3;1H. The van der Waals surface area contributed by atoms with Gasteiger partial charge in [-0.25, -0.2) is 0 Å². The minimum atomic E-state index is 0. The van der Waals surface area contributed by atoms with Crippen molar-refractivity contribution in [2.75, 3.05) is 19.6 Å². The molecule has 1 nitrogen and oxygen atoms in total. The molecule has 0 spiro atoms. The average molecular weight is 324 g/mol. The molecule has 1 aliphatic carbocycles. The van der Waals surface area contributed by atoms with Gasteiger partial charge in [-0.15, -0.1) is 17.0 Å². The Hall–Kier alpha value is -0.340. The first-order valence-corrected chi connectivity index (χ1v) is 7.63. The molecular formula is C17H26BrN. The Morgan fingerprint density at radius 2 is 2.00 bits per heavy atom. The average Bonchev–Trinajstić information content (AvgIpc) is 2.84. The number of rotatable bonds is 3. The van der Waals surface area contributed by atoms with Crippen LogP contribution in [0.4, 0.5) is 0 Å². The third kappa shape index (κ3) is 2.75. The number of halogens is 1. The highest BCUT2D eigenvalue weighted by molar-refractivity contribution is 8.93. The minimum Gasteiger partial charge on any atom is -0.303 e. The molecule has 19 heavy (non-hydrogen) atoms. The highest BCUT2D eigenvalue weighted by atomic mass is 79.9. The van der Waals surface area contributed by atoms with E-state index in [1.807, 2.05) is 0 Å². The molecule has 2 atom stereocenters. The van der Waals surface area contributed by atoms with Gasteiger partial charge in [0.15, 0.2) is 0 Å². The molecule has 3 rings (SSSR count). The summed E-state index contributed by atoms with van der Waals surface area (Å²) >= 11 is 0. The SMILES string of the molecule is Br.CCCN1CCC2(c3ccccc3)CCCC2C1. The van der Waals surface area contributed by atoms with E-state index in [4.69, 9.17) is 0 Å². The molecule has 0 bridgehead atoms. The van der Waals surface area contributed by atoms with E-state index in [9.17, 15) is 0 Å². The Kier molecular flexibility index (Phi) is 5.08. The second-order valence-corrected chi connectivity index (χ2v) is 6.16. The van der Waals surface area contributed by atoms with Crippen molar-refractivity contribution in [2.24, 2.45) is 5.92 Å². The van der Waals surface area contributed by atoms with Gasteiger partial charge >= 0.3 is 0 Å². The molecule has 0 aromatic heterocycles. The lowest BCUT2D eigenvalue weighted by molar-refractivity contribution is 0.111. The van der Waals surface area contributed by atoms with Crippen LogP contribution in [0.2, 0.25) is 0 Å². The molecule has 1 aromatic carbocycles. The van der Waals surface area contributed by atoms with Crippen LogP contribution in [0.15, 0.2) is 30.3 Å². The van der Waals surface area contributed by atoms with Crippen molar-refractivity contribution >= 4 is 17.0 Å². The van der Waals surface area contributed by atoms with Crippen molar-refractivity contribution < 1.29 is 0 Å². The van der Waals surface area contributed by atoms with Crippen LogP contribution in [0.5, 0.6) is 0 Å². The van der Waals surface area contributed by atoms with E-state index in [0.29, 0.717) is 5.41 Å². The largest absolute Gasteiger partial charge is 0.303 e. The summed E-state index contributed by atoms with van der Waals surface area (Å²) in [5, 5.41) is 0. The van der Waals surface area contributed by atoms with Crippen molar-refractivity contribution in [3.63, 3.8) is 0 Å². The van der Waals surface area contributed by atoms with Crippen LogP contribution in [0.1, 0.15) is 44.6 Å². The van der Waals surface area contributed by atoms with Crippen molar-refractivity contribution in [2.45, 2.75) is 44.4 Å². The van der Waals surface area contributed by atoms with Crippen LogP contribution in [0.3, 0.4) is 0 Å². The van der Waals surface area contributed by atoms with Gasteiger partial charge in [0.2, 0.25) is 0 Å². The Labute approximate surface area is 128 Å². The first-order valence-electron chi connectivity index (χ1n) is 7.63. The third-order valence-corrected chi connectivity index (χ3v) is 5.20. The molecule has 106 valence electrons. The predicted molar refractivity (Wildman–Crippen MR) is 87.1 cm³/mol. The molecule has 1 saturated carbocycles. The van der Waals surface area contributed by atoms with E-state index in [2.05, 4.69) is 42.2 Å². The van der Waals surface area contributed by atoms with E-state index < -0.39 is 0 Å². The number of fused-ring (bicyclic) bond motifs is 1. The second kappa shape index (κ2) is 6.41. The number of benzene rings is 1. The van der Waals surface area contributed by atoms with E-state index in [0.717, 1.165) is 5.92 Å². The molecule has 0 radical (unpaired) electrons. The van der Waals surface area contributed by atoms with Crippen LogP contribution >= 0.6 is 17.0 Å². The van der Waals surface area contributed by atoms with Gasteiger partial charge in [-0.2, -0.15) is 0 Å². The monoisotopic (exact) mass is 323 g/mol. The van der Waals surface area contributed by atoms with Gasteiger partial charge in [0.1, 0.15) is 0 Å². The van der Waals surface area contributed by atoms with Gasteiger partial charge in [0, 0.05) is 12.0 Å². The highest BCUT2D eigenvalue weighted by Gasteiger charge is 2.46. The Bertz CT molecular complexity index is 392. The highest BCUT2D eigenvalue weighted by Crippen LogP contribution is 2.50. The third-order valence-electron chi connectivity index (χ3n) is 5.20. The molecule has 1 aliphatic heterocycles. The summed E-state index contributed by atoms with van der Waals surface area (Å²) in [5.74, 6) is 0.903. The predicted octanol–water partition coefficient (Wildman–Crippen LogP) is 4.42. The number of likely N-dealkylation sites (tertiary alicyclic amines) is 1. The lowest BCUT2D eigenvalue weighted by atomic mass is 9.68. The fourth-order valence-electron chi connectivity index (χ4n) is 4.31. The molecule has 2 aliphatic rings. The normalized spacial score (nSPS) is 30.7. The quantitative estimate of drug-likeness (QED) is 0.796. The van der Waals surface area contributed by atoms with Crippen molar-refractivity contribution in [1.29, 1.82) is 0 Å². The van der Waals surface area contributed by atoms with E-state index in [1.54, 1.807) is 5.56 Å². The Balaban J connectivity index is 0.00000133. The minimum absolute atomic E-state index is 0. The maximum absolute atomic E-state index is 2.69. The topological polar surface area (TPSA) is 3.24 Å². The Morgan fingerprint density at radius 1 is 1.21 bits per heavy atom. The fraction of sp³-hybridized carbons (Fsp3) is 0.647. The summed E-state index contributed by atoms with van der Waals surface area (Å²) < 4.78 is 0. The number of nitrogens with zero attached hydrogens (tertiary/aromatic N) is 1. The molecule has 1 saturated heterocycles. The van der Waals surface area contributed by atoms with E-state index in [1.165, 1.54) is 51.7 Å². The van der Waals surface area contributed by atoms with Gasteiger partial charge in [0.05, 0.1) is 0 Å². The fourth-order valence-corrected chi connectivity index (χ4v) is 4.31. The van der Waals surface area contributed by atoms with Crippen molar-refractivity contribution in [3.05, 3.63) is 35.9 Å². The maximum Gasteiger partial charge on any atom is 0.00182 e. The number of hydrogen-bond donors (Lipinski definition) is 0. The van der Waals surface area contributed by atoms with Crippen LogP contribution in [-0.4, -0.2) is 24.5 Å². The molecule has 1 heterocycles. The maximum atomic E-state index is 2.69. The Morgan fingerprint density at radius 3 is 2.74 bits per heavy atom. The van der Waals surface area contributed by atoms with Gasteiger partial charge in [-0.3, -0.25) is 0 Å². The smallest absolute Gasteiger partial charge is 0.00182 e. The summed E-state index contributed by atoms with van der Waals surface area (Å²) in [6, 6.07) is 11.3. The second-order valence-electron chi connectivity index (χ2n) is 6.16. The number of hydrogen-bond acceptors (Lipinski definition) is 1. The summed E-state index contributed by atoms with van der Waals surface area (Å²) in [4.78, 5) is 2.69. The van der Waals surface area contributed by atoms with Gasteiger partial charge < -0.3 is 4.90 Å². The summed E-state index contributed by atoms with van der Waals surface area (Å²) in [6.07, 6.45) is 6.96. The number of piperidine rings is 1. The zero-order valence-corrected chi connectivity index (χ0v) is 13.7. The lowest BCUT2D eigenvalue weighted by Crippen LogP contribution is -2.47. The van der Waals surface area contributed by atoms with Gasteiger partial charge in [-0.05, 0) is 50.3 Å². The molecule has 2 heteroatoms. The first-order chi connectivity index (χ1) is 8.85. The molecule has 0 N–H and O–H groups in total. The lowest BCUT2D eigenvalue weighted by Gasteiger charge is -2.45. The van der Waals surface area contributed by atoms with Gasteiger partial charge in [-0.1, -0.05) is 43.7 Å². The van der Waals surface area contributed by atoms with Crippen molar-refractivity contribution in [3.8, 4) is 0 Å². The van der Waals surface area contributed by atoms with Crippen LogP contribution in [-0.2, 0) is 5.41 Å². The molecular weight excluding hydrogens is 298 g/mol. The van der Waals surface area contributed by atoms with Gasteiger partial charge in [0.25, 0.3) is 0 Å². The summed E-state index contributed by atoms with van der Waals surface area (Å²) in [7, 11) is 0. The molecule has 2 unspecified atom stereocenters. The summed E-state index contributed by atoms with van der Waals surface area (Å²) in [5.41, 5.74) is 2.13. The van der Waals surface area contributed by atoms with Crippen LogP contribution in [0.25, 0.3) is 0 Å². The van der Waals surface area contributed by atoms with E-state index in [-0.39, 0.29) is 17.0 Å². The first kappa shape index (κ1) is 15.1. The van der Waals surface area contributed by atoms with Crippen LogP contribution in [0, 0.1) is 5.92 Å². The zero-order chi connectivity index (χ0) is 12.4. The van der Waals surface area contributed by atoms with Crippen LogP contribution < -0.4 is 0 Å². The molecule has 2 fully saturated rings.